The fourth-order valence-electron chi connectivity index (χ4n) is 0. The first-order chi connectivity index (χ1) is 1.41. The third-order valence-electron chi connectivity index (χ3n) is 0. The van der Waals surface area contributed by atoms with E-state index in [1.807, 2.05) is 0 Å². The number of hydrogen-bond acceptors (Lipinski definition) is 1. The zero-order chi connectivity index (χ0) is 2.71. The minimum Gasteiger partial charge on any atom is -0.753 e. The molecule has 0 amide bonds. The van der Waals surface area contributed by atoms with E-state index in [2.05, 4.69) is 12.2 Å². The molecule has 0 aliphatic carbocycles. The SMILES string of the molecule is C.C.[CH3-].[CH3-].[CH3-].[CH3-].[CH3-].[N-]=C=S.[Ru+6]. The Bertz CT molecular complexity index is 35.1. The number of nitrogens with zero attached hydrogens (tertiary/aromatic N) is 1. The van der Waals surface area contributed by atoms with Gasteiger partial charge in [-0.05, 0) is 0 Å². The summed E-state index contributed by atoms with van der Waals surface area (Å²) in [5.41, 5.74) is 0. The molecule has 0 aromatic carbocycles. The van der Waals surface area contributed by atoms with Gasteiger partial charge in [-0.25, -0.2) is 0 Å². The molecule has 0 fully saturated rings. The Morgan fingerprint density at radius 1 is 0.818 bits per heavy atom. The van der Waals surface area contributed by atoms with Gasteiger partial charge in [0.15, 0.2) is 0 Å². The van der Waals surface area contributed by atoms with Crippen LogP contribution in [0.4, 0.5) is 0 Å². The molecule has 0 heterocycles. The summed E-state index contributed by atoms with van der Waals surface area (Å²) in [6, 6.07) is 0. The van der Waals surface area contributed by atoms with Crippen molar-refractivity contribution in [2.24, 2.45) is 0 Å². The van der Waals surface area contributed by atoms with E-state index in [-0.39, 0.29) is 71.5 Å². The molecule has 0 unspecified atom stereocenters. The fraction of sp³-hybridized carbons (Fsp3) is 0.250. The van der Waals surface area contributed by atoms with Crippen LogP contribution >= 0.6 is 12.2 Å². The van der Waals surface area contributed by atoms with Gasteiger partial charge in [0.25, 0.3) is 0 Å². The van der Waals surface area contributed by atoms with E-state index in [0.717, 1.165) is 0 Å². The number of rotatable bonds is 0. The molecule has 0 saturated carbocycles. The first kappa shape index (κ1) is 211. The molecule has 3 heteroatoms. The van der Waals surface area contributed by atoms with E-state index >= 15 is 0 Å². The largest absolute Gasteiger partial charge is 6.00 e. The van der Waals surface area contributed by atoms with Gasteiger partial charge in [-0.3, -0.25) is 0 Å². The summed E-state index contributed by atoms with van der Waals surface area (Å²) in [4.78, 5) is 0. The van der Waals surface area contributed by atoms with E-state index < -0.39 is 0 Å². The van der Waals surface area contributed by atoms with E-state index in [4.69, 9.17) is 5.41 Å². The predicted octanol–water partition coefficient (Wildman–Crippen LogP) is 4.18. The van der Waals surface area contributed by atoms with Crippen LogP contribution in [0.1, 0.15) is 14.9 Å². The zero-order valence-electron chi connectivity index (χ0n) is 6.71. The van der Waals surface area contributed by atoms with E-state index in [1.54, 1.807) is 0 Å². The van der Waals surface area contributed by atoms with Crippen molar-refractivity contribution in [2.45, 2.75) is 14.9 Å². The van der Waals surface area contributed by atoms with Gasteiger partial charge in [0, 0.05) is 0 Å². The Hall–Kier alpha value is 0.423. The van der Waals surface area contributed by atoms with Gasteiger partial charge in [-0.15, -0.1) is 0 Å². The molecule has 0 spiro atoms. The van der Waals surface area contributed by atoms with Crippen LogP contribution in [0.15, 0.2) is 0 Å². The first-order valence-electron chi connectivity index (χ1n) is 0.428. The standard InChI is InChI=1S/CNS.2CH4.5CH3.Ru/c2-1-3;;;;;;;;/h;2*1H4;5*1H3;/q-1;;;5*-1;+6. The number of thiocarbonyl (C=S) groups is 1. The van der Waals surface area contributed by atoms with Crippen LogP contribution in [0, 0.1) is 37.1 Å². The molecule has 74 valence electrons. The van der Waals surface area contributed by atoms with Gasteiger partial charge in [0.2, 0.25) is 0 Å². The Labute approximate surface area is 94.3 Å². The topological polar surface area (TPSA) is 22.3 Å². The Morgan fingerprint density at radius 2 is 0.818 bits per heavy atom. The smallest absolute Gasteiger partial charge is 0.753 e. The average molecular weight is 266 g/mol. The van der Waals surface area contributed by atoms with E-state index in [9.17, 15) is 0 Å². The third-order valence-corrected chi connectivity index (χ3v) is 0. The molecule has 0 radical (unpaired) electrons. The van der Waals surface area contributed by atoms with Crippen molar-refractivity contribution in [3.8, 4) is 0 Å². The summed E-state index contributed by atoms with van der Waals surface area (Å²) in [5.74, 6) is 0. The van der Waals surface area contributed by atoms with Crippen molar-refractivity contribution in [1.82, 2.24) is 0 Å². The number of hydrogen-bond donors (Lipinski definition) is 0. The van der Waals surface area contributed by atoms with Crippen molar-refractivity contribution in [2.75, 3.05) is 0 Å². The molecule has 11 heavy (non-hydrogen) atoms. The van der Waals surface area contributed by atoms with Gasteiger partial charge in [-0.2, -0.15) is 5.16 Å². The first-order valence-corrected chi connectivity index (χ1v) is 0.836. The van der Waals surface area contributed by atoms with Crippen LogP contribution in [0.25, 0.3) is 5.41 Å². The normalized spacial score (nSPS) is 0.727. The summed E-state index contributed by atoms with van der Waals surface area (Å²) in [6.07, 6.45) is 0. The molecule has 0 saturated heterocycles. The maximum absolute atomic E-state index is 7.13. The van der Waals surface area contributed by atoms with E-state index in [1.165, 1.54) is 5.16 Å². The van der Waals surface area contributed by atoms with Crippen molar-refractivity contribution < 1.29 is 19.5 Å². The van der Waals surface area contributed by atoms with Crippen LogP contribution in [-0.4, -0.2) is 5.16 Å². The van der Waals surface area contributed by atoms with Gasteiger partial charge in [0.1, 0.15) is 0 Å². The monoisotopic (exact) mass is 267 g/mol. The van der Waals surface area contributed by atoms with Gasteiger partial charge < -0.3 is 42.5 Å². The van der Waals surface area contributed by atoms with Crippen LogP contribution in [0.3, 0.4) is 0 Å². The second kappa shape index (κ2) is 457. The molecule has 0 aromatic heterocycles. The summed E-state index contributed by atoms with van der Waals surface area (Å²) in [7, 11) is 0. The third kappa shape index (κ3) is 4130. The quantitative estimate of drug-likeness (QED) is 0.279. The molecule has 0 atom stereocenters. The zero-order valence-corrected chi connectivity index (χ0v) is 9.26. The minimum atomic E-state index is 0. The van der Waals surface area contributed by atoms with Crippen LogP contribution < -0.4 is 0 Å². The molecule has 0 aromatic rings. The summed E-state index contributed by atoms with van der Waals surface area (Å²) in [6.45, 7) is 0. The fourth-order valence-corrected chi connectivity index (χ4v) is 0. The maximum atomic E-state index is 7.13. The van der Waals surface area contributed by atoms with Crippen molar-refractivity contribution in [3.05, 3.63) is 42.5 Å². The van der Waals surface area contributed by atoms with E-state index in [0.29, 0.717) is 0 Å². The Morgan fingerprint density at radius 3 is 0.818 bits per heavy atom. The maximum Gasteiger partial charge on any atom is 6.00 e. The van der Waals surface area contributed by atoms with Crippen molar-refractivity contribution >= 4 is 17.4 Å². The Kier molecular flexibility index (Phi) is 8780. The van der Waals surface area contributed by atoms with Crippen molar-refractivity contribution in [3.63, 3.8) is 0 Å². The summed E-state index contributed by atoms with van der Waals surface area (Å²) >= 11 is 3.70. The summed E-state index contributed by atoms with van der Waals surface area (Å²) in [5, 5.41) is 8.47. The van der Waals surface area contributed by atoms with Gasteiger partial charge in [-0.1, -0.05) is 27.1 Å². The van der Waals surface area contributed by atoms with Crippen LogP contribution in [0.2, 0.25) is 0 Å². The molecular weight excluding hydrogens is 243 g/mol. The minimum absolute atomic E-state index is 0. The molecular formula is C8H23NRuS. The predicted molar refractivity (Wildman–Crippen MR) is 61.5 cm³/mol. The molecule has 0 aliphatic heterocycles. The summed E-state index contributed by atoms with van der Waals surface area (Å²) < 4.78 is 0. The second-order valence-corrected chi connectivity index (χ2v) is 0.274. The molecule has 1 nitrogen and oxygen atoms in total. The average Bonchev–Trinajstić information content (AvgIpc) is 0.918. The molecule has 0 aliphatic rings. The second-order valence-electron chi connectivity index (χ2n) is 0.0913. The molecule has 0 bridgehead atoms. The van der Waals surface area contributed by atoms with Crippen LogP contribution in [-0.2, 0) is 19.5 Å². The Balaban J connectivity index is -0.000000000714. The number of isothiocyanates is 1. The van der Waals surface area contributed by atoms with Crippen molar-refractivity contribution in [1.29, 1.82) is 0 Å². The molecule has 0 N–H and O–H groups in total. The van der Waals surface area contributed by atoms with Gasteiger partial charge >= 0.3 is 19.5 Å². The van der Waals surface area contributed by atoms with Crippen LogP contribution in [0.5, 0.6) is 0 Å². The van der Waals surface area contributed by atoms with Gasteiger partial charge in [0.05, 0.1) is 0 Å². The molecule has 0 rings (SSSR count).